The number of fused-ring (bicyclic) bond motifs is 1. The van der Waals surface area contributed by atoms with E-state index in [1.807, 2.05) is 26.0 Å². The lowest BCUT2D eigenvalue weighted by Crippen LogP contribution is -2.40. The summed E-state index contributed by atoms with van der Waals surface area (Å²) in [5, 5.41) is 7.70. The molecule has 0 atom stereocenters. The summed E-state index contributed by atoms with van der Waals surface area (Å²) in [4.78, 5) is 33.0. The molecule has 0 radical (unpaired) electrons. The zero-order valence-electron chi connectivity index (χ0n) is 14.3. The molecule has 0 spiro atoms. The van der Waals surface area contributed by atoms with Crippen molar-refractivity contribution >= 4 is 28.8 Å². The van der Waals surface area contributed by atoms with Crippen LogP contribution in [0.4, 0.5) is 10.6 Å². The van der Waals surface area contributed by atoms with Crippen molar-refractivity contribution in [2.45, 2.75) is 13.8 Å². The van der Waals surface area contributed by atoms with Gasteiger partial charge in [-0.1, -0.05) is 12.2 Å². The summed E-state index contributed by atoms with van der Waals surface area (Å²) in [5.41, 5.74) is 3.43. The summed E-state index contributed by atoms with van der Waals surface area (Å²) in [7, 11) is 0. The molecular formula is C18H21N5O2. The number of carbonyl (C=O) groups excluding carboxylic acids is 2. The number of nitrogens with one attached hydrogen (secondary N) is 3. The Morgan fingerprint density at radius 3 is 2.24 bits per heavy atom. The molecule has 0 saturated carbocycles. The molecule has 0 saturated heterocycles. The Bertz CT molecular complexity index is 845. The van der Waals surface area contributed by atoms with Crippen LogP contribution < -0.4 is 16.0 Å². The van der Waals surface area contributed by atoms with E-state index < -0.39 is 11.9 Å². The van der Waals surface area contributed by atoms with E-state index in [0.29, 0.717) is 23.4 Å². The monoisotopic (exact) mass is 339 g/mol. The van der Waals surface area contributed by atoms with Gasteiger partial charge >= 0.3 is 6.03 Å². The van der Waals surface area contributed by atoms with Crippen LogP contribution in [0.25, 0.3) is 11.0 Å². The van der Waals surface area contributed by atoms with Crippen LogP contribution in [-0.4, -0.2) is 35.0 Å². The second kappa shape index (κ2) is 8.05. The van der Waals surface area contributed by atoms with Crippen molar-refractivity contribution in [2.75, 3.05) is 18.4 Å². The van der Waals surface area contributed by atoms with E-state index in [1.54, 1.807) is 6.08 Å². The van der Waals surface area contributed by atoms with Gasteiger partial charge in [-0.3, -0.25) is 10.1 Å². The molecule has 1 heterocycles. The van der Waals surface area contributed by atoms with E-state index in [2.05, 4.69) is 39.1 Å². The molecule has 7 heteroatoms. The first-order valence-corrected chi connectivity index (χ1v) is 7.80. The van der Waals surface area contributed by atoms with Gasteiger partial charge in [0.15, 0.2) is 11.5 Å². The number of imide groups is 1. The smallest absolute Gasteiger partial charge is 0.322 e. The number of hydrogen-bond donors (Lipinski definition) is 3. The SMILES string of the molecule is C=CCNC(=O)NC(=O)c1nc2cc(C)c(C)cc2nc1NCC=C. The highest BCUT2D eigenvalue weighted by atomic mass is 16.2. The molecule has 0 fully saturated rings. The summed E-state index contributed by atoms with van der Waals surface area (Å²) >= 11 is 0. The zero-order chi connectivity index (χ0) is 18.4. The largest absolute Gasteiger partial charge is 0.365 e. The first-order chi connectivity index (χ1) is 12.0. The van der Waals surface area contributed by atoms with Crippen LogP contribution >= 0.6 is 0 Å². The molecular weight excluding hydrogens is 318 g/mol. The van der Waals surface area contributed by atoms with Crippen molar-refractivity contribution < 1.29 is 9.59 Å². The van der Waals surface area contributed by atoms with E-state index in [-0.39, 0.29) is 12.2 Å². The standard InChI is InChI=1S/C18H21N5O2/c1-5-7-19-16-15(17(24)23-18(25)20-8-6-2)21-13-9-11(3)12(4)10-14(13)22-16/h5-6,9-10H,1-2,7-8H2,3-4H3,(H,19,22)(H2,20,23,24,25). The van der Waals surface area contributed by atoms with Crippen molar-refractivity contribution in [2.24, 2.45) is 0 Å². The van der Waals surface area contributed by atoms with Gasteiger partial charge in [-0.25, -0.2) is 14.8 Å². The number of amides is 3. The molecule has 25 heavy (non-hydrogen) atoms. The molecule has 0 unspecified atom stereocenters. The molecule has 0 bridgehead atoms. The van der Waals surface area contributed by atoms with Crippen LogP contribution in [0.5, 0.6) is 0 Å². The molecule has 2 aromatic rings. The number of aromatic nitrogens is 2. The summed E-state index contributed by atoms with van der Waals surface area (Å²) in [5.74, 6) is -0.342. The van der Waals surface area contributed by atoms with E-state index in [9.17, 15) is 9.59 Å². The van der Waals surface area contributed by atoms with Gasteiger partial charge in [0.05, 0.1) is 11.0 Å². The van der Waals surface area contributed by atoms with E-state index >= 15 is 0 Å². The second-order valence-electron chi connectivity index (χ2n) is 5.47. The lowest BCUT2D eigenvalue weighted by molar-refractivity contribution is 0.0960. The third-order valence-electron chi connectivity index (χ3n) is 3.54. The quantitative estimate of drug-likeness (QED) is 0.703. The van der Waals surface area contributed by atoms with Gasteiger partial charge < -0.3 is 10.6 Å². The predicted molar refractivity (Wildman–Crippen MR) is 98.8 cm³/mol. The number of aryl methyl sites for hydroxylation is 2. The van der Waals surface area contributed by atoms with Gasteiger partial charge in [0, 0.05) is 13.1 Å². The molecule has 0 aliphatic carbocycles. The van der Waals surface area contributed by atoms with Crippen molar-refractivity contribution in [3.8, 4) is 0 Å². The number of rotatable bonds is 6. The maximum Gasteiger partial charge on any atom is 0.322 e. The lowest BCUT2D eigenvalue weighted by Gasteiger charge is -2.12. The highest BCUT2D eigenvalue weighted by Gasteiger charge is 2.18. The Labute approximate surface area is 146 Å². The Morgan fingerprint density at radius 1 is 1.04 bits per heavy atom. The van der Waals surface area contributed by atoms with Crippen molar-refractivity contribution in [3.05, 3.63) is 54.3 Å². The number of anilines is 1. The third kappa shape index (κ3) is 4.41. The number of nitrogens with zero attached hydrogens (tertiary/aromatic N) is 2. The Balaban J connectivity index is 2.42. The number of hydrogen-bond acceptors (Lipinski definition) is 5. The highest BCUT2D eigenvalue weighted by Crippen LogP contribution is 2.20. The maximum atomic E-state index is 12.4. The molecule has 3 N–H and O–H groups in total. The van der Waals surface area contributed by atoms with Gasteiger partial charge in [-0.2, -0.15) is 0 Å². The van der Waals surface area contributed by atoms with Crippen LogP contribution in [0.3, 0.4) is 0 Å². The number of benzene rings is 1. The lowest BCUT2D eigenvalue weighted by atomic mass is 10.1. The number of carbonyl (C=O) groups is 2. The molecule has 1 aromatic heterocycles. The summed E-state index contributed by atoms with van der Waals surface area (Å²) in [6.45, 7) is 11.7. The van der Waals surface area contributed by atoms with Crippen molar-refractivity contribution in [3.63, 3.8) is 0 Å². The molecule has 2 rings (SSSR count). The minimum absolute atomic E-state index is 0.0476. The van der Waals surface area contributed by atoms with Gasteiger partial charge in [0.25, 0.3) is 5.91 Å². The molecule has 0 aliphatic rings. The highest BCUT2D eigenvalue weighted by molar-refractivity contribution is 6.06. The van der Waals surface area contributed by atoms with Crippen LogP contribution in [0.1, 0.15) is 21.6 Å². The molecule has 0 aliphatic heterocycles. The fourth-order valence-corrected chi connectivity index (χ4v) is 2.13. The van der Waals surface area contributed by atoms with E-state index in [4.69, 9.17) is 0 Å². The maximum absolute atomic E-state index is 12.4. The second-order valence-corrected chi connectivity index (χ2v) is 5.47. The van der Waals surface area contributed by atoms with Crippen molar-refractivity contribution in [1.29, 1.82) is 0 Å². The summed E-state index contributed by atoms with van der Waals surface area (Å²) in [6.07, 6.45) is 3.16. The molecule has 1 aromatic carbocycles. The average Bonchev–Trinajstić information content (AvgIpc) is 2.58. The third-order valence-corrected chi connectivity index (χ3v) is 3.54. The van der Waals surface area contributed by atoms with Crippen LogP contribution in [0, 0.1) is 13.8 Å². The first kappa shape index (κ1) is 18.1. The fraction of sp³-hybridized carbons (Fsp3) is 0.222. The van der Waals surface area contributed by atoms with Crippen LogP contribution in [-0.2, 0) is 0 Å². The molecule has 7 nitrogen and oxygen atoms in total. The van der Waals surface area contributed by atoms with Gasteiger partial charge in [0.1, 0.15) is 0 Å². The summed E-state index contributed by atoms with van der Waals surface area (Å²) in [6, 6.07) is 3.15. The zero-order valence-corrected chi connectivity index (χ0v) is 14.3. The minimum Gasteiger partial charge on any atom is -0.365 e. The first-order valence-electron chi connectivity index (χ1n) is 7.80. The van der Waals surface area contributed by atoms with Crippen LogP contribution in [0.2, 0.25) is 0 Å². The van der Waals surface area contributed by atoms with Gasteiger partial charge in [-0.05, 0) is 37.1 Å². The van der Waals surface area contributed by atoms with E-state index in [1.165, 1.54) is 6.08 Å². The summed E-state index contributed by atoms with van der Waals surface area (Å²) < 4.78 is 0. The Hall–Kier alpha value is -3.22. The predicted octanol–water partition coefficient (Wildman–Crippen LogP) is 2.47. The minimum atomic E-state index is -0.638. The van der Waals surface area contributed by atoms with Gasteiger partial charge in [-0.15, -0.1) is 13.2 Å². The average molecular weight is 339 g/mol. The Kier molecular flexibility index (Phi) is 5.84. The fourth-order valence-electron chi connectivity index (χ4n) is 2.13. The molecule has 130 valence electrons. The normalized spacial score (nSPS) is 10.2. The van der Waals surface area contributed by atoms with E-state index in [0.717, 1.165) is 11.1 Å². The topological polar surface area (TPSA) is 96.0 Å². The molecule has 3 amide bonds. The van der Waals surface area contributed by atoms with Gasteiger partial charge in [0.2, 0.25) is 0 Å². The van der Waals surface area contributed by atoms with Crippen molar-refractivity contribution in [1.82, 2.24) is 20.6 Å². The number of urea groups is 1. The Morgan fingerprint density at radius 2 is 1.64 bits per heavy atom. The van der Waals surface area contributed by atoms with Crippen LogP contribution in [0.15, 0.2) is 37.4 Å².